The van der Waals surface area contributed by atoms with Crippen molar-refractivity contribution in [3.63, 3.8) is 0 Å². The minimum atomic E-state index is -1.31. The number of fused-ring (bicyclic) bond motifs is 2. The van der Waals surface area contributed by atoms with E-state index in [-0.39, 0.29) is 12.5 Å². The lowest BCUT2D eigenvalue weighted by atomic mass is 9.86. The summed E-state index contributed by atoms with van der Waals surface area (Å²) in [6, 6.07) is 15.1. The Kier molecular flexibility index (Phi) is 6.75. The number of nitrogens with one attached hydrogen (secondary N) is 3. The van der Waals surface area contributed by atoms with Gasteiger partial charge >= 0.3 is 6.09 Å². The first-order valence-corrected chi connectivity index (χ1v) is 12.2. The predicted octanol–water partition coefficient (Wildman–Crippen LogP) is 2.49. The number of carboxylic acids is 1. The number of H-pyrrole nitrogens is 1. The normalized spacial score (nSPS) is 21.5. The van der Waals surface area contributed by atoms with E-state index in [1.165, 1.54) is 4.90 Å². The molecule has 10 heteroatoms. The Hall–Kier alpha value is -4.08. The summed E-state index contributed by atoms with van der Waals surface area (Å²) in [5.41, 5.74) is 2.97. The average molecular weight is 491 g/mol. The van der Waals surface area contributed by atoms with Gasteiger partial charge in [-0.3, -0.25) is 9.69 Å². The van der Waals surface area contributed by atoms with E-state index in [4.69, 9.17) is 4.74 Å². The number of nitrogens with zero attached hydrogens (tertiary/aromatic N) is 2. The molecule has 3 aromatic rings. The first-order chi connectivity index (χ1) is 17.5. The lowest BCUT2D eigenvalue weighted by Crippen LogP contribution is -2.46. The van der Waals surface area contributed by atoms with Crippen LogP contribution >= 0.6 is 0 Å². The van der Waals surface area contributed by atoms with Crippen LogP contribution in [-0.4, -0.2) is 47.1 Å². The van der Waals surface area contributed by atoms with Gasteiger partial charge in [0, 0.05) is 30.5 Å². The van der Waals surface area contributed by atoms with Crippen LogP contribution in [0.4, 0.5) is 16.4 Å². The number of hydrogen-bond donors (Lipinski definition) is 3. The zero-order valence-corrected chi connectivity index (χ0v) is 19.7. The number of benzene rings is 2. The highest BCUT2D eigenvalue weighted by Crippen LogP contribution is 2.36. The number of amides is 2. The number of carbonyl (C=O) groups excluding carboxylic acids is 3. The molecule has 1 aliphatic heterocycles. The van der Waals surface area contributed by atoms with Crippen molar-refractivity contribution in [2.75, 3.05) is 23.3 Å². The van der Waals surface area contributed by atoms with Crippen LogP contribution < -0.4 is 20.6 Å². The van der Waals surface area contributed by atoms with Crippen LogP contribution in [0, 0.1) is 5.92 Å². The fraction of sp³-hybridized carbons (Fsp3) is 0.385. The molecule has 3 N–H and O–H groups in total. The molecule has 0 spiro atoms. The number of cyclic esters (lactones) is 1. The quantitative estimate of drug-likeness (QED) is 0.441. The van der Waals surface area contributed by atoms with Crippen molar-refractivity contribution in [3.05, 3.63) is 54.1 Å². The molecule has 2 heterocycles. The van der Waals surface area contributed by atoms with E-state index < -0.39 is 24.6 Å². The summed E-state index contributed by atoms with van der Waals surface area (Å²) in [5, 5.41) is 17.5. The van der Waals surface area contributed by atoms with Gasteiger partial charge in [0.25, 0.3) is 0 Å². The van der Waals surface area contributed by atoms with Crippen LogP contribution in [0.15, 0.2) is 48.5 Å². The van der Waals surface area contributed by atoms with Crippen molar-refractivity contribution in [3.8, 4) is 0 Å². The summed E-state index contributed by atoms with van der Waals surface area (Å²) in [6.07, 6.45) is 1.78. The molecule has 5 rings (SSSR count). The number of aromatic amines is 1. The highest BCUT2D eigenvalue weighted by molar-refractivity contribution is 5.97. The molecule has 0 bridgehead atoms. The third-order valence-electron chi connectivity index (χ3n) is 6.86. The van der Waals surface area contributed by atoms with Gasteiger partial charge in [0.2, 0.25) is 11.9 Å². The fourth-order valence-electron chi connectivity index (χ4n) is 4.99. The number of carboxylic acid groups (broad SMARTS) is 1. The number of hydrogen-bond acceptors (Lipinski definition) is 7. The Morgan fingerprint density at radius 3 is 2.61 bits per heavy atom. The van der Waals surface area contributed by atoms with Gasteiger partial charge in [-0.15, -0.1) is 0 Å². The first kappa shape index (κ1) is 23.7. The average Bonchev–Trinajstić information content (AvgIpc) is 3.28. The number of rotatable bonds is 8. The highest BCUT2D eigenvalue weighted by atomic mass is 16.6. The summed E-state index contributed by atoms with van der Waals surface area (Å²) >= 11 is 0. The van der Waals surface area contributed by atoms with Gasteiger partial charge in [0.15, 0.2) is 0 Å². The minimum Gasteiger partial charge on any atom is -0.550 e. The fourth-order valence-corrected chi connectivity index (χ4v) is 4.99. The Bertz CT molecular complexity index is 1230. The van der Waals surface area contributed by atoms with E-state index in [0.29, 0.717) is 29.8 Å². The van der Waals surface area contributed by atoms with E-state index in [2.05, 4.69) is 20.6 Å². The number of carbonyl (C=O) groups is 3. The molecule has 1 atom stereocenters. The zero-order valence-electron chi connectivity index (χ0n) is 19.7. The van der Waals surface area contributed by atoms with Gasteiger partial charge < -0.3 is 30.3 Å². The zero-order chi connectivity index (χ0) is 25.1. The molecular weight excluding hydrogens is 462 g/mol. The molecular formula is C26H28N5O5-. The Balaban J connectivity index is 1.10. The second-order valence-electron chi connectivity index (χ2n) is 9.36. The Labute approximate surface area is 208 Å². The maximum Gasteiger partial charge on any atom is 0.415 e. The standard InChI is InChI=1S/C26H29N5O5/c32-23(15-31-21-8-4-1-5-18(21)22(13-24(33)34)36-26(31)35)27-14-16-9-11-17(12-10-16)28-25-29-19-6-2-3-7-20(19)30-25/h1-8,16-17,22H,9-15H2,(H,27,32)(H,33,34)(H2,28,29,30)/p-1. The molecule has 1 aliphatic carbocycles. The van der Waals surface area contributed by atoms with Crippen LogP contribution in [0.1, 0.15) is 43.8 Å². The van der Waals surface area contributed by atoms with Crippen LogP contribution in [-0.2, 0) is 14.3 Å². The molecule has 1 saturated carbocycles. The minimum absolute atomic E-state index is 0.198. The molecule has 1 unspecified atom stereocenters. The highest BCUT2D eigenvalue weighted by Gasteiger charge is 2.33. The van der Waals surface area contributed by atoms with Crippen molar-refractivity contribution >= 4 is 40.6 Å². The third kappa shape index (κ3) is 5.27. The molecule has 188 valence electrons. The molecule has 10 nitrogen and oxygen atoms in total. The van der Waals surface area contributed by atoms with E-state index in [9.17, 15) is 19.5 Å². The predicted molar refractivity (Wildman–Crippen MR) is 131 cm³/mol. The SMILES string of the molecule is O=C([O-])CC1OC(=O)N(CC(=O)NCC2CCC(Nc3nc4ccccc4[nH]3)CC2)c2ccccc21. The summed E-state index contributed by atoms with van der Waals surface area (Å²) in [7, 11) is 0. The molecule has 2 amide bonds. The number of anilines is 2. The number of ether oxygens (including phenoxy) is 1. The molecule has 0 saturated heterocycles. The summed E-state index contributed by atoms with van der Waals surface area (Å²) in [4.78, 5) is 45.4. The molecule has 36 heavy (non-hydrogen) atoms. The Morgan fingerprint density at radius 1 is 1.08 bits per heavy atom. The van der Waals surface area contributed by atoms with Crippen molar-refractivity contribution in [2.24, 2.45) is 5.92 Å². The maximum atomic E-state index is 12.7. The van der Waals surface area contributed by atoms with Gasteiger partial charge in [0.1, 0.15) is 12.6 Å². The van der Waals surface area contributed by atoms with Crippen molar-refractivity contribution < 1.29 is 24.2 Å². The van der Waals surface area contributed by atoms with Gasteiger partial charge in [-0.1, -0.05) is 30.3 Å². The Morgan fingerprint density at radius 2 is 1.83 bits per heavy atom. The smallest absolute Gasteiger partial charge is 0.415 e. The molecule has 1 aromatic heterocycles. The van der Waals surface area contributed by atoms with Gasteiger partial charge in [-0.25, -0.2) is 9.78 Å². The maximum absolute atomic E-state index is 12.7. The molecule has 0 radical (unpaired) electrons. The summed E-state index contributed by atoms with van der Waals surface area (Å²) in [5.74, 6) is -0.460. The van der Waals surface area contributed by atoms with Crippen molar-refractivity contribution in [1.29, 1.82) is 0 Å². The van der Waals surface area contributed by atoms with E-state index in [1.54, 1.807) is 24.3 Å². The lowest BCUT2D eigenvalue weighted by molar-refractivity contribution is -0.307. The molecule has 1 fully saturated rings. The van der Waals surface area contributed by atoms with Gasteiger partial charge in [0.05, 0.1) is 16.7 Å². The first-order valence-electron chi connectivity index (χ1n) is 12.2. The summed E-state index contributed by atoms with van der Waals surface area (Å²) in [6.45, 7) is 0.338. The van der Waals surface area contributed by atoms with Crippen LogP contribution in [0.5, 0.6) is 0 Å². The number of para-hydroxylation sites is 3. The second-order valence-corrected chi connectivity index (χ2v) is 9.36. The number of aromatic nitrogens is 2. The summed E-state index contributed by atoms with van der Waals surface area (Å²) < 4.78 is 5.28. The largest absolute Gasteiger partial charge is 0.550 e. The monoisotopic (exact) mass is 490 g/mol. The van der Waals surface area contributed by atoms with Crippen LogP contribution in [0.2, 0.25) is 0 Å². The molecule has 2 aliphatic rings. The van der Waals surface area contributed by atoms with Crippen molar-refractivity contribution in [2.45, 2.75) is 44.2 Å². The van der Waals surface area contributed by atoms with E-state index >= 15 is 0 Å². The van der Waals surface area contributed by atoms with Gasteiger partial charge in [-0.05, 0) is 49.8 Å². The van der Waals surface area contributed by atoms with E-state index in [1.807, 2.05) is 24.3 Å². The van der Waals surface area contributed by atoms with Crippen LogP contribution in [0.3, 0.4) is 0 Å². The van der Waals surface area contributed by atoms with E-state index in [0.717, 1.165) is 42.7 Å². The van der Waals surface area contributed by atoms with Crippen LogP contribution in [0.25, 0.3) is 11.0 Å². The lowest BCUT2D eigenvalue weighted by Gasteiger charge is -2.34. The van der Waals surface area contributed by atoms with Gasteiger partial charge in [-0.2, -0.15) is 0 Å². The second kappa shape index (κ2) is 10.3. The van der Waals surface area contributed by atoms with Crippen molar-refractivity contribution in [1.82, 2.24) is 15.3 Å². The number of imidazole rings is 1. The molecule has 2 aromatic carbocycles. The third-order valence-corrected chi connectivity index (χ3v) is 6.86. The topological polar surface area (TPSA) is 139 Å². The number of aliphatic carboxylic acids is 1.